The molecule has 1 heterocycles. The van der Waals surface area contributed by atoms with Crippen LogP contribution in [0, 0.1) is 12.8 Å². The first-order chi connectivity index (χ1) is 8.70. The van der Waals surface area contributed by atoms with Crippen LogP contribution in [0.4, 0.5) is 5.69 Å². The van der Waals surface area contributed by atoms with E-state index in [1.807, 2.05) is 0 Å². The first-order valence-electron chi connectivity index (χ1n) is 6.51. The van der Waals surface area contributed by atoms with Gasteiger partial charge in [0.2, 0.25) is 0 Å². The van der Waals surface area contributed by atoms with Gasteiger partial charge in [0.05, 0.1) is 0 Å². The molecule has 3 N–H and O–H groups in total. The Morgan fingerprint density at radius 1 is 1.44 bits per heavy atom. The maximum atomic E-state index is 5.92. The van der Waals surface area contributed by atoms with E-state index in [0.29, 0.717) is 18.5 Å². The molecule has 1 aromatic carbocycles. The third-order valence-corrected chi connectivity index (χ3v) is 4.24. The average molecular weight is 313 g/mol. The molecule has 0 radical (unpaired) electrons. The Kier molecular flexibility index (Phi) is 5.03. The van der Waals surface area contributed by atoms with Gasteiger partial charge in [-0.05, 0) is 59.3 Å². The van der Waals surface area contributed by atoms with E-state index in [-0.39, 0.29) is 0 Å². The van der Waals surface area contributed by atoms with Crippen molar-refractivity contribution >= 4 is 21.6 Å². The van der Waals surface area contributed by atoms with Gasteiger partial charge >= 0.3 is 0 Å². The summed E-state index contributed by atoms with van der Waals surface area (Å²) in [6.07, 6.45) is 2.19. The number of rotatable bonds is 4. The molecular formula is C14H21BrN2O. The van der Waals surface area contributed by atoms with Crippen molar-refractivity contribution in [1.82, 2.24) is 0 Å². The van der Waals surface area contributed by atoms with Crippen molar-refractivity contribution in [3.05, 3.63) is 28.2 Å². The van der Waals surface area contributed by atoms with Crippen LogP contribution in [0.5, 0.6) is 0 Å². The Balaban J connectivity index is 2.06. The molecule has 0 spiro atoms. The SMILES string of the molecule is Cc1ccc(Br)c(NC(CN)C2CCOCC2)c1. The summed E-state index contributed by atoms with van der Waals surface area (Å²) >= 11 is 3.58. The van der Waals surface area contributed by atoms with Crippen LogP contribution in [0.2, 0.25) is 0 Å². The van der Waals surface area contributed by atoms with Gasteiger partial charge in [0, 0.05) is 36.0 Å². The number of benzene rings is 1. The molecule has 0 aromatic heterocycles. The standard InChI is InChI=1S/C14H21BrN2O/c1-10-2-3-12(15)13(8-10)17-14(9-16)11-4-6-18-7-5-11/h2-3,8,11,14,17H,4-7,9,16H2,1H3. The molecule has 18 heavy (non-hydrogen) atoms. The molecule has 100 valence electrons. The maximum absolute atomic E-state index is 5.92. The number of nitrogens with two attached hydrogens (primary N) is 1. The molecule has 0 aliphatic carbocycles. The molecule has 1 unspecified atom stereocenters. The molecule has 1 fully saturated rings. The molecule has 3 nitrogen and oxygen atoms in total. The summed E-state index contributed by atoms with van der Waals surface area (Å²) in [5, 5.41) is 3.58. The number of hydrogen-bond donors (Lipinski definition) is 2. The average Bonchev–Trinajstić information content (AvgIpc) is 2.41. The molecule has 0 bridgehead atoms. The zero-order valence-electron chi connectivity index (χ0n) is 10.8. The summed E-state index contributed by atoms with van der Waals surface area (Å²) in [4.78, 5) is 0. The second kappa shape index (κ2) is 6.55. The quantitative estimate of drug-likeness (QED) is 0.898. The number of nitrogens with one attached hydrogen (secondary N) is 1. The summed E-state index contributed by atoms with van der Waals surface area (Å²) < 4.78 is 6.51. The van der Waals surface area contributed by atoms with Crippen molar-refractivity contribution in [2.45, 2.75) is 25.8 Å². The largest absolute Gasteiger partial charge is 0.381 e. The molecule has 1 atom stereocenters. The van der Waals surface area contributed by atoms with Crippen LogP contribution in [0.3, 0.4) is 0 Å². The summed E-state index contributed by atoms with van der Waals surface area (Å²) in [5.74, 6) is 0.608. The fourth-order valence-electron chi connectivity index (χ4n) is 2.44. The van der Waals surface area contributed by atoms with Crippen LogP contribution in [-0.4, -0.2) is 25.8 Å². The maximum Gasteiger partial charge on any atom is 0.0489 e. The number of hydrogen-bond acceptors (Lipinski definition) is 3. The normalized spacial score (nSPS) is 18.6. The van der Waals surface area contributed by atoms with Crippen molar-refractivity contribution in [1.29, 1.82) is 0 Å². The summed E-state index contributed by atoms with van der Waals surface area (Å²) in [7, 11) is 0. The molecule has 0 saturated carbocycles. The van der Waals surface area contributed by atoms with E-state index in [2.05, 4.69) is 46.4 Å². The lowest BCUT2D eigenvalue weighted by Gasteiger charge is -2.31. The topological polar surface area (TPSA) is 47.3 Å². The summed E-state index contributed by atoms with van der Waals surface area (Å²) in [6, 6.07) is 6.66. The first-order valence-corrected chi connectivity index (χ1v) is 7.30. The number of halogens is 1. The molecule has 1 aliphatic rings. The number of ether oxygens (including phenoxy) is 1. The van der Waals surface area contributed by atoms with Crippen molar-refractivity contribution in [3.63, 3.8) is 0 Å². The van der Waals surface area contributed by atoms with Crippen molar-refractivity contribution in [2.24, 2.45) is 11.7 Å². The van der Waals surface area contributed by atoms with E-state index in [0.717, 1.165) is 36.2 Å². The predicted molar refractivity (Wildman–Crippen MR) is 78.9 cm³/mol. The van der Waals surface area contributed by atoms with Crippen LogP contribution in [0.25, 0.3) is 0 Å². The Hall–Kier alpha value is -0.580. The van der Waals surface area contributed by atoms with Crippen LogP contribution < -0.4 is 11.1 Å². The van der Waals surface area contributed by atoms with Gasteiger partial charge in [-0.25, -0.2) is 0 Å². The van der Waals surface area contributed by atoms with Crippen LogP contribution in [0.1, 0.15) is 18.4 Å². The van der Waals surface area contributed by atoms with E-state index in [1.54, 1.807) is 0 Å². The lowest BCUT2D eigenvalue weighted by molar-refractivity contribution is 0.0613. The van der Waals surface area contributed by atoms with Gasteiger partial charge in [-0.2, -0.15) is 0 Å². The lowest BCUT2D eigenvalue weighted by Crippen LogP contribution is -2.39. The minimum atomic E-state index is 0.326. The Bertz CT molecular complexity index is 391. The van der Waals surface area contributed by atoms with Gasteiger partial charge in [0.1, 0.15) is 0 Å². The highest BCUT2D eigenvalue weighted by Crippen LogP contribution is 2.27. The van der Waals surface area contributed by atoms with Crippen molar-refractivity contribution in [3.8, 4) is 0 Å². The first kappa shape index (κ1) is 13.8. The van der Waals surface area contributed by atoms with Crippen LogP contribution >= 0.6 is 15.9 Å². The predicted octanol–water partition coefficient (Wildman–Crippen LogP) is 2.92. The van der Waals surface area contributed by atoms with Crippen LogP contribution in [-0.2, 0) is 4.74 Å². The van der Waals surface area contributed by atoms with Gasteiger partial charge in [-0.1, -0.05) is 6.07 Å². The Morgan fingerprint density at radius 3 is 2.83 bits per heavy atom. The second-order valence-electron chi connectivity index (χ2n) is 4.92. The summed E-state index contributed by atoms with van der Waals surface area (Å²) in [5.41, 5.74) is 8.31. The zero-order valence-corrected chi connectivity index (χ0v) is 12.4. The minimum Gasteiger partial charge on any atom is -0.381 e. The lowest BCUT2D eigenvalue weighted by atomic mass is 9.91. The smallest absolute Gasteiger partial charge is 0.0489 e. The summed E-state index contributed by atoms with van der Waals surface area (Å²) in [6.45, 7) is 4.48. The van der Waals surface area contributed by atoms with Gasteiger partial charge in [-0.15, -0.1) is 0 Å². The highest BCUT2D eigenvalue weighted by molar-refractivity contribution is 9.10. The number of anilines is 1. The highest BCUT2D eigenvalue weighted by atomic mass is 79.9. The van der Waals surface area contributed by atoms with E-state index < -0.39 is 0 Å². The van der Waals surface area contributed by atoms with Crippen molar-refractivity contribution in [2.75, 3.05) is 25.1 Å². The van der Waals surface area contributed by atoms with E-state index in [9.17, 15) is 0 Å². The third kappa shape index (κ3) is 3.46. The monoisotopic (exact) mass is 312 g/mol. The fourth-order valence-corrected chi connectivity index (χ4v) is 2.80. The zero-order chi connectivity index (χ0) is 13.0. The van der Waals surface area contributed by atoms with E-state index in [4.69, 9.17) is 10.5 Å². The van der Waals surface area contributed by atoms with E-state index >= 15 is 0 Å². The highest BCUT2D eigenvalue weighted by Gasteiger charge is 2.23. The minimum absolute atomic E-state index is 0.326. The second-order valence-corrected chi connectivity index (χ2v) is 5.77. The molecular weight excluding hydrogens is 292 g/mol. The number of aryl methyl sites for hydroxylation is 1. The molecule has 0 amide bonds. The Morgan fingerprint density at radius 2 is 2.17 bits per heavy atom. The molecule has 2 rings (SSSR count). The van der Waals surface area contributed by atoms with Crippen LogP contribution in [0.15, 0.2) is 22.7 Å². The van der Waals surface area contributed by atoms with E-state index in [1.165, 1.54) is 5.56 Å². The van der Waals surface area contributed by atoms with Gasteiger partial charge in [0.25, 0.3) is 0 Å². The molecule has 1 aliphatic heterocycles. The molecule has 1 saturated heterocycles. The van der Waals surface area contributed by atoms with Gasteiger partial charge < -0.3 is 15.8 Å². The van der Waals surface area contributed by atoms with Crippen molar-refractivity contribution < 1.29 is 4.74 Å². The fraction of sp³-hybridized carbons (Fsp3) is 0.571. The molecule has 4 heteroatoms. The Labute approximate surface area is 117 Å². The molecule has 1 aromatic rings. The van der Waals surface area contributed by atoms with Gasteiger partial charge in [-0.3, -0.25) is 0 Å². The third-order valence-electron chi connectivity index (χ3n) is 3.55. The van der Waals surface area contributed by atoms with Gasteiger partial charge in [0.15, 0.2) is 0 Å².